The molecule has 1 aliphatic carbocycles. The molecular weight excluding hydrogens is 452 g/mol. The van der Waals surface area contributed by atoms with Crippen molar-refractivity contribution in [2.24, 2.45) is 0 Å². The summed E-state index contributed by atoms with van der Waals surface area (Å²) in [7, 11) is -3.81. The van der Waals surface area contributed by atoms with E-state index >= 15 is 0 Å². The Bertz CT molecular complexity index is 1430. The van der Waals surface area contributed by atoms with Crippen LogP contribution in [-0.4, -0.2) is 32.3 Å². The maximum Gasteiger partial charge on any atom is 0.250 e. The summed E-state index contributed by atoms with van der Waals surface area (Å²) in [5.74, 6) is 0. The first kappa shape index (κ1) is 18.3. The van der Waals surface area contributed by atoms with Crippen molar-refractivity contribution in [1.82, 2.24) is 19.2 Å². The molecule has 0 fully saturated rings. The fraction of sp³-hybridized carbons (Fsp3) is 0.143. The van der Waals surface area contributed by atoms with Crippen LogP contribution in [0.1, 0.15) is 13.3 Å². The first-order chi connectivity index (χ1) is 13.9. The normalized spacial score (nSPS) is 19.7. The van der Waals surface area contributed by atoms with Crippen molar-refractivity contribution < 1.29 is 8.42 Å². The molecule has 1 N–H and O–H groups in total. The third-order valence-corrected chi connectivity index (χ3v) is 8.30. The standard InChI is InChI=1S/C21H17BrN4O2S/c1-21(8-6-17(22)7-9-21)29(27,28)26-19(12-15-3-2-10-23-20(15)26)14-4-5-16-13-24-25-18(16)11-14/h2-8,10-13H,9H2,1H3,(H,24,25). The van der Waals surface area contributed by atoms with Gasteiger partial charge in [0.25, 0.3) is 0 Å². The maximum absolute atomic E-state index is 13.9. The fourth-order valence-electron chi connectivity index (χ4n) is 3.64. The highest BCUT2D eigenvalue weighted by molar-refractivity contribution is 9.11. The number of aromatic nitrogens is 4. The van der Waals surface area contributed by atoms with E-state index in [-0.39, 0.29) is 0 Å². The number of hydrogen-bond donors (Lipinski definition) is 1. The van der Waals surface area contributed by atoms with Crippen LogP contribution in [-0.2, 0) is 10.0 Å². The maximum atomic E-state index is 13.9. The van der Waals surface area contributed by atoms with Gasteiger partial charge in [-0.3, -0.25) is 5.10 Å². The second-order valence-corrected chi connectivity index (χ2v) is 10.5. The van der Waals surface area contributed by atoms with Crippen molar-refractivity contribution in [1.29, 1.82) is 0 Å². The second kappa shape index (κ2) is 6.40. The lowest BCUT2D eigenvalue weighted by atomic mass is 10.0. The van der Waals surface area contributed by atoms with Gasteiger partial charge in [-0.15, -0.1) is 0 Å². The molecule has 0 saturated carbocycles. The highest BCUT2D eigenvalue weighted by Crippen LogP contribution is 2.37. The lowest BCUT2D eigenvalue weighted by Gasteiger charge is -2.28. The van der Waals surface area contributed by atoms with Gasteiger partial charge in [0, 0.05) is 27.0 Å². The molecule has 0 radical (unpaired) electrons. The molecular formula is C21H17BrN4O2S. The van der Waals surface area contributed by atoms with Gasteiger partial charge in [-0.25, -0.2) is 17.4 Å². The number of benzene rings is 1. The summed E-state index contributed by atoms with van der Waals surface area (Å²) in [5.41, 5.74) is 2.64. The Morgan fingerprint density at radius 3 is 2.86 bits per heavy atom. The Kier molecular flexibility index (Phi) is 4.04. The van der Waals surface area contributed by atoms with Gasteiger partial charge in [0.15, 0.2) is 5.65 Å². The molecule has 1 atom stereocenters. The Morgan fingerprint density at radius 1 is 1.21 bits per heavy atom. The molecule has 0 bridgehead atoms. The monoisotopic (exact) mass is 468 g/mol. The zero-order valence-electron chi connectivity index (χ0n) is 15.5. The fourth-order valence-corrected chi connectivity index (χ4v) is 5.69. The summed E-state index contributed by atoms with van der Waals surface area (Å²) >= 11 is 3.42. The number of halogens is 1. The average Bonchev–Trinajstić information content (AvgIpc) is 3.34. The number of nitrogens with one attached hydrogen (secondary N) is 1. The number of pyridine rings is 1. The van der Waals surface area contributed by atoms with Crippen LogP contribution in [0.15, 0.2) is 71.5 Å². The summed E-state index contributed by atoms with van der Waals surface area (Å²) in [6, 6.07) is 11.3. The van der Waals surface area contributed by atoms with E-state index in [0.29, 0.717) is 17.8 Å². The minimum Gasteiger partial charge on any atom is -0.278 e. The molecule has 0 aliphatic heterocycles. The van der Waals surface area contributed by atoms with Crippen molar-refractivity contribution in [3.05, 3.63) is 71.5 Å². The van der Waals surface area contributed by atoms with Gasteiger partial charge in [-0.05, 0) is 37.6 Å². The van der Waals surface area contributed by atoms with Crippen LogP contribution in [0.5, 0.6) is 0 Å². The van der Waals surface area contributed by atoms with Gasteiger partial charge in [-0.2, -0.15) is 5.10 Å². The van der Waals surface area contributed by atoms with Crippen LogP contribution >= 0.6 is 15.9 Å². The van der Waals surface area contributed by atoms with Crippen LogP contribution in [0, 0.1) is 0 Å². The number of aromatic amines is 1. The third kappa shape index (κ3) is 2.78. The van der Waals surface area contributed by atoms with E-state index < -0.39 is 14.8 Å². The van der Waals surface area contributed by atoms with E-state index in [4.69, 9.17) is 0 Å². The van der Waals surface area contributed by atoms with Crippen molar-refractivity contribution >= 4 is 47.9 Å². The molecule has 0 amide bonds. The Morgan fingerprint density at radius 2 is 2.07 bits per heavy atom. The Balaban J connectivity index is 1.79. The quantitative estimate of drug-likeness (QED) is 0.470. The predicted molar refractivity (Wildman–Crippen MR) is 118 cm³/mol. The van der Waals surface area contributed by atoms with Crippen LogP contribution in [0.25, 0.3) is 33.2 Å². The van der Waals surface area contributed by atoms with Crippen molar-refractivity contribution in [3.63, 3.8) is 0 Å². The minimum absolute atomic E-state index is 0.373. The smallest absolute Gasteiger partial charge is 0.250 e. The molecule has 29 heavy (non-hydrogen) atoms. The van der Waals surface area contributed by atoms with Crippen LogP contribution < -0.4 is 0 Å². The van der Waals surface area contributed by atoms with E-state index in [1.807, 2.05) is 42.5 Å². The topological polar surface area (TPSA) is 80.6 Å². The second-order valence-electron chi connectivity index (χ2n) is 7.33. The molecule has 0 spiro atoms. The SMILES string of the molecule is CC1(S(=O)(=O)n2c(-c3ccc4cn[nH]c4c3)cc3cccnc32)C=CC(Br)=CC1. The minimum atomic E-state index is -3.81. The molecule has 1 unspecified atom stereocenters. The number of allylic oxidation sites excluding steroid dienone is 3. The Hall–Kier alpha value is -2.71. The van der Waals surface area contributed by atoms with E-state index in [2.05, 4.69) is 31.1 Å². The lowest BCUT2D eigenvalue weighted by molar-refractivity contribution is 0.555. The van der Waals surface area contributed by atoms with Crippen molar-refractivity contribution in [2.75, 3.05) is 0 Å². The zero-order chi connectivity index (χ0) is 20.2. The van der Waals surface area contributed by atoms with Gasteiger partial charge in [0.1, 0.15) is 4.75 Å². The molecule has 3 heterocycles. The van der Waals surface area contributed by atoms with Crippen LogP contribution in [0.4, 0.5) is 0 Å². The number of rotatable bonds is 3. The van der Waals surface area contributed by atoms with E-state index in [1.165, 1.54) is 3.97 Å². The number of nitrogens with zero attached hydrogens (tertiary/aromatic N) is 3. The summed E-state index contributed by atoms with van der Waals surface area (Å²) in [4.78, 5) is 4.40. The zero-order valence-corrected chi connectivity index (χ0v) is 17.9. The molecule has 3 aromatic heterocycles. The molecule has 8 heteroatoms. The van der Waals surface area contributed by atoms with Crippen LogP contribution in [0.3, 0.4) is 0 Å². The number of hydrogen-bond acceptors (Lipinski definition) is 4. The Labute approximate surface area is 176 Å². The summed E-state index contributed by atoms with van der Waals surface area (Å²) in [5, 5.41) is 8.75. The average molecular weight is 469 g/mol. The molecule has 6 nitrogen and oxygen atoms in total. The highest BCUT2D eigenvalue weighted by Gasteiger charge is 2.41. The van der Waals surface area contributed by atoms with Gasteiger partial charge >= 0.3 is 0 Å². The first-order valence-corrected chi connectivity index (χ1v) is 11.3. The molecule has 0 saturated heterocycles. The molecule has 146 valence electrons. The van der Waals surface area contributed by atoms with Gasteiger partial charge < -0.3 is 0 Å². The highest BCUT2D eigenvalue weighted by atomic mass is 79.9. The molecule has 1 aromatic carbocycles. The third-order valence-electron chi connectivity index (χ3n) is 5.39. The van der Waals surface area contributed by atoms with Gasteiger partial charge in [0.05, 0.1) is 17.4 Å². The van der Waals surface area contributed by atoms with Crippen molar-refractivity contribution in [3.8, 4) is 11.3 Å². The number of H-pyrrole nitrogens is 1. The molecule has 5 rings (SSSR count). The predicted octanol–water partition coefficient (Wildman–Crippen LogP) is 4.75. The largest absolute Gasteiger partial charge is 0.278 e. The summed E-state index contributed by atoms with van der Waals surface area (Å²) < 4.78 is 29.0. The van der Waals surface area contributed by atoms with E-state index in [0.717, 1.165) is 26.3 Å². The summed E-state index contributed by atoms with van der Waals surface area (Å²) in [6.45, 7) is 1.74. The lowest BCUT2D eigenvalue weighted by Crippen LogP contribution is -2.38. The number of fused-ring (bicyclic) bond motifs is 2. The molecule has 4 aromatic rings. The van der Waals surface area contributed by atoms with Crippen molar-refractivity contribution in [2.45, 2.75) is 18.1 Å². The summed E-state index contributed by atoms with van der Waals surface area (Å²) in [6.07, 6.45) is 9.14. The van der Waals surface area contributed by atoms with Crippen LogP contribution in [0.2, 0.25) is 0 Å². The van der Waals surface area contributed by atoms with Gasteiger partial charge in [-0.1, -0.05) is 46.3 Å². The first-order valence-electron chi connectivity index (χ1n) is 9.09. The van der Waals surface area contributed by atoms with E-state index in [9.17, 15) is 8.42 Å². The van der Waals surface area contributed by atoms with E-state index in [1.54, 1.807) is 31.5 Å². The van der Waals surface area contributed by atoms with Gasteiger partial charge in [0.2, 0.25) is 10.0 Å². The molecule has 1 aliphatic rings.